The Labute approximate surface area is 101 Å². The molecule has 86 valence electrons. The Morgan fingerprint density at radius 3 is 3.00 bits per heavy atom. The highest BCUT2D eigenvalue weighted by Crippen LogP contribution is 2.26. The van der Waals surface area contributed by atoms with E-state index in [-0.39, 0.29) is 6.04 Å². The predicted octanol–water partition coefficient (Wildman–Crippen LogP) is 0.336. The van der Waals surface area contributed by atoms with Gasteiger partial charge in [0.05, 0.1) is 22.6 Å². The molecular weight excluding hydrogens is 274 g/mol. The summed E-state index contributed by atoms with van der Waals surface area (Å²) >= 11 is 3.45. The molecule has 0 radical (unpaired) electrons. The van der Waals surface area contributed by atoms with Crippen LogP contribution in [0.25, 0.3) is 0 Å². The van der Waals surface area contributed by atoms with Crippen LogP contribution >= 0.6 is 15.9 Å². The van der Waals surface area contributed by atoms with Gasteiger partial charge in [0, 0.05) is 6.54 Å². The Kier molecular flexibility index (Phi) is 3.32. The first-order valence-corrected chi connectivity index (χ1v) is 5.60. The standard InChI is InChI=1S/C8H12BrN7/c1-2-16-8(5(9)3-12-16)7(13-10)6-4-11-15-14-6/h3-4,7,13H,2,10H2,1H3,(H,11,14,15). The molecule has 16 heavy (non-hydrogen) atoms. The highest BCUT2D eigenvalue weighted by atomic mass is 79.9. The summed E-state index contributed by atoms with van der Waals surface area (Å²) in [7, 11) is 0. The van der Waals surface area contributed by atoms with E-state index in [1.54, 1.807) is 12.4 Å². The first-order valence-electron chi connectivity index (χ1n) is 4.81. The Bertz CT molecular complexity index is 449. The zero-order chi connectivity index (χ0) is 11.5. The van der Waals surface area contributed by atoms with Crippen molar-refractivity contribution in [3.63, 3.8) is 0 Å². The fourth-order valence-corrected chi connectivity index (χ4v) is 2.09. The third-order valence-electron chi connectivity index (χ3n) is 2.30. The van der Waals surface area contributed by atoms with Gasteiger partial charge in [0.2, 0.25) is 0 Å². The number of aryl methyl sites for hydroxylation is 1. The molecule has 8 heteroatoms. The van der Waals surface area contributed by atoms with Gasteiger partial charge in [0.15, 0.2) is 0 Å². The Morgan fingerprint density at radius 1 is 1.62 bits per heavy atom. The van der Waals surface area contributed by atoms with Crippen molar-refractivity contribution >= 4 is 15.9 Å². The van der Waals surface area contributed by atoms with Crippen molar-refractivity contribution in [2.45, 2.75) is 19.5 Å². The van der Waals surface area contributed by atoms with Gasteiger partial charge in [-0.2, -0.15) is 20.5 Å². The summed E-state index contributed by atoms with van der Waals surface area (Å²) in [4.78, 5) is 0. The summed E-state index contributed by atoms with van der Waals surface area (Å²) in [5, 5.41) is 14.6. The maximum Gasteiger partial charge on any atom is 0.109 e. The zero-order valence-corrected chi connectivity index (χ0v) is 10.3. The molecule has 0 aliphatic rings. The normalized spacial score (nSPS) is 12.9. The number of hydrogen-bond donors (Lipinski definition) is 3. The summed E-state index contributed by atoms with van der Waals surface area (Å²) < 4.78 is 2.74. The quantitative estimate of drug-likeness (QED) is 0.556. The van der Waals surface area contributed by atoms with E-state index in [2.05, 4.69) is 41.9 Å². The third-order valence-corrected chi connectivity index (χ3v) is 2.91. The van der Waals surface area contributed by atoms with Gasteiger partial charge in [0.1, 0.15) is 11.7 Å². The summed E-state index contributed by atoms with van der Waals surface area (Å²) in [6.45, 7) is 2.77. The number of nitrogens with two attached hydrogens (primary N) is 1. The lowest BCUT2D eigenvalue weighted by Crippen LogP contribution is -2.31. The molecule has 0 saturated carbocycles. The van der Waals surface area contributed by atoms with E-state index in [0.717, 1.165) is 22.4 Å². The Hall–Kier alpha value is -1.25. The SMILES string of the molecule is CCn1ncc(Br)c1C(NN)c1cn[nH]n1. The van der Waals surface area contributed by atoms with Crippen molar-refractivity contribution in [1.29, 1.82) is 0 Å². The second kappa shape index (κ2) is 4.73. The van der Waals surface area contributed by atoms with Gasteiger partial charge >= 0.3 is 0 Å². The summed E-state index contributed by atoms with van der Waals surface area (Å²) in [6.07, 6.45) is 3.37. The second-order valence-corrected chi connectivity index (χ2v) is 4.04. The van der Waals surface area contributed by atoms with E-state index in [9.17, 15) is 0 Å². The molecule has 2 rings (SSSR count). The molecule has 7 nitrogen and oxygen atoms in total. The molecule has 4 N–H and O–H groups in total. The van der Waals surface area contributed by atoms with E-state index in [0.29, 0.717) is 0 Å². The number of aromatic amines is 1. The van der Waals surface area contributed by atoms with Gasteiger partial charge in [-0.3, -0.25) is 10.5 Å². The number of halogens is 1. The summed E-state index contributed by atoms with van der Waals surface area (Å²) in [5.41, 5.74) is 4.36. The minimum Gasteiger partial charge on any atom is -0.270 e. The van der Waals surface area contributed by atoms with Gasteiger partial charge in [0.25, 0.3) is 0 Å². The minimum atomic E-state index is -0.240. The maximum atomic E-state index is 5.55. The molecule has 2 aromatic rings. The van der Waals surface area contributed by atoms with E-state index in [1.807, 2.05) is 11.6 Å². The molecule has 0 aromatic carbocycles. The molecule has 0 fully saturated rings. The van der Waals surface area contributed by atoms with Crippen LogP contribution in [0.2, 0.25) is 0 Å². The molecule has 0 bridgehead atoms. The van der Waals surface area contributed by atoms with Crippen molar-refractivity contribution in [2.24, 2.45) is 5.84 Å². The van der Waals surface area contributed by atoms with Gasteiger partial charge in [-0.15, -0.1) is 0 Å². The average Bonchev–Trinajstić information content (AvgIpc) is 2.91. The Morgan fingerprint density at radius 2 is 2.44 bits per heavy atom. The van der Waals surface area contributed by atoms with Crippen LogP contribution in [-0.4, -0.2) is 25.2 Å². The van der Waals surface area contributed by atoms with E-state index >= 15 is 0 Å². The van der Waals surface area contributed by atoms with Crippen molar-refractivity contribution in [3.05, 3.63) is 28.3 Å². The molecule has 0 saturated heterocycles. The van der Waals surface area contributed by atoms with E-state index < -0.39 is 0 Å². The lowest BCUT2D eigenvalue weighted by molar-refractivity contribution is 0.533. The van der Waals surface area contributed by atoms with E-state index in [1.165, 1.54) is 0 Å². The van der Waals surface area contributed by atoms with Crippen molar-refractivity contribution in [1.82, 2.24) is 30.6 Å². The molecule has 2 heterocycles. The number of aromatic nitrogens is 5. The fraction of sp³-hybridized carbons (Fsp3) is 0.375. The van der Waals surface area contributed by atoms with Gasteiger partial charge in [-0.25, -0.2) is 5.43 Å². The number of hydrazine groups is 1. The fourth-order valence-electron chi connectivity index (χ4n) is 1.56. The number of nitrogens with one attached hydrogen (secondary N) is 2. The third kappa shape index (κ3) is 1.86. The lowest BCUT2D eigenvalue weighted by Gasteiger charge is -2.15. The Balaban J connectivity index is 2.44. The van der Waals surface area contributed by atoms with Crippen LogP contribution in [0, 0.1) is 0 Å². The van der Waals surface area contributed by atoms with Crippen LogP contribution in [-0.2, 0) is 6.54 Å². The molecule has 0 aliphatic carbocycles. The van der Waals surface area contributed by atoms with Crippen LogP contribution in [0.5, 0.6) is 0 Å². The molecule has 1 unspecified atom stereocenters. The number of H-pyrrole nitrogens is 1. The van der Waals surface area contributed by atoms with E-state index in [4.69, 9.17) is 5.84 Å². The average molecular weight is 286 g/mol. The number of rotatable bonds is 4. The number of nitrogens with zero attached hydrogens (tertiary/aromatic N) is 4. The molecule has 1 atom stereocenters. The lowest BCUT2D eigenvalue weighted by atomic mass is 10.1. The second-order valence-electron chi connectivity index (χ2n) is 3.19. The maximum absolute atomic E-state index is 5.55. The topological polar surface area (TPSA) is 97.4 Å². The smallest absolute Gasteiger partial charge is 0.109 e. The van der Waals surface area contributed by atoms with Crippen molar-refractivity contribution < 1.29 is 0 Å². The first kappa shape index (κ1) is 11.2. The van der Waals surface area contributed by atoms with Gasteiger partial charge in [-0.05, 0) is 22.9 Å². The largest absolute Gasteiger partial charge is 0.270 e. The van der Waals surface area contributed by atoms with Gasteiger partial charge in [-0.1, -0.05) is 0 Å². The molecule has 0 aliphatic heterocycles. The van der Waals surface area contributed by atoms with Gasteiger partial charge < -0.3 is 0 Å². The van der Waals surface area contributed by atoms with Crippen LogP contribution in [0.4, 0.5) is 0 Å². The van der Waals surface area contributed by atoms with Crippen LogP contribution in [0.1, 0.15) is 24.4 Å². The molecule has 0 spiro atoms. The number of hydrogen-bond acceptors (Lipinski definition) is 5. The first-order chi connectivity index (χ1) is 7.77. The monoisotopic (exact) mass is 285 g/mol. The molecular formula is C8H12BrN7. The van der Waals surface area contributed by atoms with Crippen LogP contribution < -0.4 is 11.3 Å². The zero-order valence-electron chi connectivity index (χ0n) is 8.68. The molecule has 0 amide bonds. The van der Waals surface area contributed by atoms with Crippen LogP contribution in [0.3, 0.4) is 0 Å². The highest BCUT2D eigenvalue weighted by Gasteiger charge is 2.22. The minimum absolute atomic E-state index is 0.240. The predicted molar refractivity (Wildman–Crippen MR) is 61.1 cm³/mol. The van der Waals surface area contributed by atoms with Crippen molar-refractivity contribution in [3.8, 4) is 0 Å². The highest BCUT2D eigenvalue weighted by molar-refractivity contribution is 9.10. The summed E-state index contributed by atoms with van der Waals surface area (Å²) in [5.74, 6) is 5.55. The van der Waals surface area contributed by atoms with Crippen LogP contribution in [0.15, 0.2) is 16.9 Å². The summed E-state index contributed by atoms with van der Waals surface area (Å²) in [6, 6.07) is -0.240. The van der Waals surface area contributed by atoms with Crippen molar-refractivity contribution in [2.75, 3.05) is 0 Å². The molecule has 2 aromatic heterocycles.